The number of nitrogen functional groups attached to an aromatic ring is 1. The minimum Gasteiger partial charge on any atom is -0.397 e. The van der Waals surface area contributed by atoms with Gasteiger partial charge in [-0.2, -0.15) is 0 Å². The van der Waals surface area contributed by atoms with Crippen molar-refractivity contribution in [2.45, 2.75) is 32.9 Å². The first-order valence-electron chi connectivity index (χ1n) is 5.52. The Morgan fingerprint density at radius 1 is 1.35 bits per heavy atom. The number of anilines is 2. The monoisotopic (exact) mass is 255 g/mol. The van der Waals surface area contributed by atoms with Gasteiger partial charge in [0, 0.05) is 6.04 Å². The minimum atomic E-state index is -0.389. The second-order valence-electron chi connectivity index (χ2n) is 4.23. The summed E-state index contributed by atoms with van der Waals surface area (Å²) in [6.07, 6.45) is 0. The van der Waals surface area contributed by atoms with Crippen LogP contribution in [0.5, 0.6) is 0 Å². The number of nitrogens with two attached hydrogens (primary N) is 1. The topological polar surface area (TPSA) is 67.2 Å². The number of carbonyl (C=O) groups is 1. The summed E-state index contributed by atoms with van der Waals surface area (Å²) in [6.45, 7) is 5.59. The van der Waals surface area contributed by atoms with Gasteiger partial charge in [0.1, 0.15) is 6.04 Å². The van der Waals surface area contributed by atoms with E-state index in [0.717, 1.165) is 0 Å². The van der Waals surface area contributed by atoms with Gasteiger partial charge in [-0.25, -0.2) is 0 Å². The van der Waals surface area contributed by atoms with E-state index in [2.05, 4.69) is 10.6 Å². The molecule has 1 amide bonds. The van der Waals surface area contributed by atoms with Crippen molar-refractivity contribution in [1.29, 1.82) is 0 Å². The predicted octanol–water partition coefficient (Wildman–Crippen LogP) is 2.25. The van der Waals surface area contributed by atoms with Crippen molar-refractivity contribution < 1.29 is 4.79 Å². The number of hydrogen-bond donors (Lipinski definition) is 3. The summed E-state index contributed by atoms with van der Waals surface area (Å²) < 4.78 is 0. The second kappa shape index (κ2) is 5.77. The maximum atomic E-state index is 11.7. The van der Waals surface area contributed by atoms with Gasteiger partial charge in [-0.1, -0.05) is 17.7 Å². The average molecular weight is 256 g/mol. The third-order valence-corrected chi connectivity index (χ3v) is 2.55. The Labute approximate surface area is 107 Å². The van der Waals surface area contributed by atoms with Gasteiger partial charge in [-0.3, -0.25) is 4.79 Å². The predicted molar refractivity (Wildman–Crippen MR) is 72.2 cm³/mol. The minimum absolute atomic E-state index is 0.0840. The number of para-hydroxylation sites is 1. The van der Waals surface area contributed by atoms with Crippen LogP contribution in [-0.2, 0) is 4.79 Å². The Morgan fingerprint density at radius 3 is 2.53 bits per heavy atom. The summed E-state index contributed by atoms with van der Waals surface area (Å²) >= 11 is 6.01. The fourth-order valence-corrected chi connectivity index (χ4v) is 1.62. The number of halogens is 1. The molecule has 0 aliphatic rings. The molecule has 1 aromatic rings. The van der Waals surface area contributed by atoms with Gasteiger partial charge in [0.05, 0.1) is 16.4 Å². The Hall–Kier alpha value is -1.42. The molecule has 0 saturated heterocycles. The van der Waals surface area contributed by atoms with Crippen LogP contribution in [0.4, 0.5) is 11.4 Å². The Balaban J connectivity index is 2.74. The molecule has 94 valence electrons. The maximum absolute atomic E-state index is 11.7. The zero-order valence-corrected chi connectivity index (χ0v) is 11.0. The molecule has 1 unspecified atom stereocenters. The van der Waals surface area contributed by atoms with Crippen LogP contribution >= 0.6 is 11.6 Å². The standard InChI is InChI=1S/C12H18ClN3O/c1-7(2)15-12(17)8(3)16-11-9(13)5-4-6-10(11)14/h4-8,16H,14H2,1-3H3,(H,15,17). The molecule has 17 heavy (non-hydrogen) atoms. The van der Waals surface area contributed by atoms with Crippen molar-refractivity contribution in [3.05, 3.63) is 23.2 Å². The lowest BCUT2D eigenvalue weighted by Gasteiger charge is -2.18. The normalized spacial score (nSPS) is 12.3. The fraction of sp³-hybridized carbons (Fsp3) is 0.417. The number of amides is 1. The molecule has 0 spiro atoms. The quantitative estimate of drug-likeness (QED) is 0.723. The van der Waals surface area contributed by atoms with Crippen LogP contribution in [0.2, 0.25) is 5.02 Å². The molecule has 0 bridgehead atoms. The average Bonchev–Trinajstić information content (AvgIpc) is 2.22. The molecule has 0 saturated carbocycles. The number of rotatable bonds is 4. The van der Waals surface area contributed by atoms with E-state index >= 15 is 0 Å². The van der Waals surface area contributed by atoms with Gasteiger partial charge < -0.3 is 16.4 Å². The van der Waals surface area contributed by atoms with Crippen LogP contribution in [0.15, 0.2) is 18.2 Å². The summed E-state index contributed by atoms with van der Waals surface area (Å²) in [5, 5.41) is 6.34. The number of nitrogens with one attached hydrogen (secondary N) is 2. The maximum Gasteiger partial charge on any atom is 0.242 e. The highest BCUT2D eigenvalue weighted by molar-refractivity contribution is 6.34. The highest BCUT2D eigenvalue weighted by atomic mass is 35.5. The van der Waals surface area contributed by atoms with E-state index in [-0.39, 0.29) is 18.0 Å². The SMILES string of the molecule is CC(C)NC(=O)C(C)Nc1c(N)cccc1Cl. The van der Waals surface area contributed by atoms with Crippen LogP contribution in [0.1, 0.15) is 20.8 Å². The molecule has 5 heteroatoms. The van der Waals surface area contributed by atoms with Crippen molar-refractivity contribution in [3.63, 3.8) is 0 Å². The Bertz CT molecular complexity index is 386. The van der Waals surface area contributed by atoms with Gasteiger partial charge in [0.25, 0.3) is 0 Å². The molecule has 0 radical (unpaired) electrons. The summed E-state index contributed by atoms with van der Waals surface area (Å²) in [5.41, 5.74) is 6.92. The molecule has 1 rings (SSSR count). The lowest BCUT2D eigenvalue weighted by Crippen LogP contribution is -2.41. The molecule has 0 aliphatic heterocycles. The number of hydrogen-bond acceptors (Lipinski definition) is 3. The van der Waals surface area contributed by atoms with Crippen LogP contribution in [0.25, 0.3) is 0 Å². The van der Waals surface area contributed by atoms with E-state index in [9.17, 15) is 4.79 Å². The van der Waals surface area contributed by atoms with E-state index in [4.69, 9.17) is 17.3 Å². The number of carbonyl (C=O) groups excluding carboxylic acids is 1. The van der Waals surface area contributed by atoms with E-state index in [1.165, 1.54) is 0 Å². The van der Waals surface area contributed by atoms with Gasteiger partial charge in [-0.05, 0) is 32.9 Å². The lowest BCUT2D eigenvalue weighted by molar-refractivity contribution is -0.122. The van der Waals surface area contributed by atoms with Crippen molar-refractivity contribution in [3.8, 4) is 0 Å². The molecule has 4 nitrogen and oxygen atoms in total. The summed E-state index contributed by atoms with van der Waals surface area (Å²) in [5.74, 6) is -0.0840. The fourth-order valence-electron chi connectivity index (χ4n) is 1.38. The zero-order valence-electron chi connectivity index (χ0n) is 10.3. The molecule has 1 aromatic carbocycles. The van der Waals surface area contributed by atoms with Gasteiger partial charge >= 0.3 is 0 Å². The van der Waals surface area contributed by atoms with Crippen molar-refractivity contribution in [2.75, 3.05) is 11.1 Å². The highest BCUT2D eigenvalue weighted by Crippen LogP contribution is 2.28. The Morgan fingerprint density at radius 2 is 2.00 bits per heavy atom. The lowest BCUT2D eigenvalue weighted by atomic mass is 10.2. The van der Waals surface area contributed by atoms with Crippen LogP contribution in [-0.4, -0.2) is 18.0 Å². The first-order chi connectivity index (χ1) is 7.91. The molecule has 1 atom stereocenters. The van der Waals surface area contributed by atoms with Gasteiger partial charge in [0.2, 0.25) is 5.91 Å². The molecule has 0 heterocycles. The van der Waals surface area contributed by atoms with E-state index < -0.39 is 0 Å². The van der Waals surface area contributed by atoms with Crippen LogP contribution in [0.3, 0.4) is 0 Å². The second-order valence-corrected chi connectivity index (χ2v) is 4.64. The van der Waals surface area contributed by atoms with E-state index in [1.54, 1.807) is 25.1 Å². The van der Waals surface area contributed by atoms with E-state index in [1.807, 2.05) is 13.8 Å². The smallest absolute Gasteiger partial charge is 0.242 e. The third-order valence-electron chi connectivity index (χ3n) is 2.23. The summed E-state index contributed by atoms with van der Waals surface area (Å²) in [7, 11) is 0. The summed E-state index contributed by atoms with van der Waals surface area (Å²) in [6, 6.07) is 4.95. The summed E-state index contributed by atoms with van der Waals surface area (Å²) in [4.78, 5) is 11.7. The van der Waals surface area contributed by atoms with Crippen molar-refractivity contribution in [1.82, 2.24) is 5.32 Å². The third kappa shape index (κ3) is 3.82. The largest absolute Gasteiger partial charge is 0.397 e. The first kappa shape index (κ1) is 13.6. The molecule has 4 N–H and O–H groups in total. The van der Waals surface area contributed by atoms with Gasteiger partial charge in [-0.15, -0.1) is 0 Å². The molecule has 0 aromatic heterocycles. The van der Waals surface area contributed by atoms with Crippen molar-refractivity contribution >= 4 is 28.9 Å². The van der Waals surface area contributed by atoms with E-state index in [0.29, 0.717) is 16.4 Å². The molecular formula is C12H18ClN3O. The number of benzene rings is 1. The Kier molecular flexibility index (Phi) is 4.63. The molecular weight excluding hydrogens is 238 g/mol. The first-order valence-corrected chi connectivity index (χ1v) is 5.90. The molecule has 0 fully saturated rings. The molecule has 0 aliphatic carbocycles. The van der Waals surface area contributed by atoms with Crippen LogP contribution < -0.4 is 16.4 Å². The van der Waals surface area contributed by atoms with Gasteiger partial charge in [0.15, 0.2) is 0 Å². The highest BCUT2D eigenvalue weighted by Gasteiger charge is 2.15. The van der Waals surface area contributed by atoms with Crippen molar-refractivity contribution in [2.24, 2.45) is 0 Å². The van der Waals surface area contributed by atoms with Crippen LogP contribution in [0, 0.1) is 0 Å². The zero-order chi connectivity index (χ0) is 13.0.